The summed E-state index contributed by atoms with van der Waals surface area (Å²) in [6, 6.07) is 9.66. The number of rotatable bonds is 7. The molecule has 134 valence electrons. The van der Waals surface area contributed by atoms with Gasteiger partial charge in [0.05, 0.1) is 11.5 Å². The van der Waals surface area contributed by atoms with Crippen LogP contribution in [0.4, 0.5) is 10.1 Å². The summed E-state index contributed by atoms with van der Waals surface area (Å²) >= 11 is 0. The van der Waals surface area contributed by atoms with Crippen molar-refractivity contribution in [3.63, 3.8) is 0 Å². The summed E-state index contributed by atoms with van der Waals surface area (Å²) in [5, 5.41) is 2.64. The Morgan fingerprint density at radius 1 is 1.20 bits per heavy atom. The van der Waals surface area contributed by atoms with Gasteiger partial charge in [-0.2, -0.15) is 0 Å². The van der Waals surface area contributed by atoms with Crippen LogP contribution in [0.25, 0.3) is 0 Å². The van der Waals surface area contributed by atoms with Gasteiger partial charge in [-0.3, -0.25) is 4.79 Å². The average Bonchev–Trinajstić information content (AvgIpc) is 2.57. The van der Waals surface area contributed by atoms with Crippen molar-refractivity contribution in [2.45, 2.75) is 11.8 Å². The first-order chi connectivity index (χ1) is 11.8. The van der Waals surface area contributed by atoms with Gasteiger partial charge in [0.2, 0.25) is 10.0 Å². The predicted octanol–water partition coefficient (Wildman–Crippen LogP) is 2.31. The number of benzene rings is 2. The Morgan fingerprint density at radius 3 is 2.64 bits per heavy atom. The van der Waals surface area contributed by atoms with Crippen LogP contribution >= 0.6 is 0 Å². The van der Waals surface area contributed by atoms with E-state index in [0.717, 1.165) is 0 Å². The minimum Gasteiger partial charge on any atom is -0.383 e. The Balaban J connectivity index is 2.18. The van der Waals surface area contributed by atoms with Crippen molar-refractivity contribution in [3.05, 3.63) is 59.4 Å². The van der Waals surface area contributed by atoms with Crippen molar-refractivity contribution in [3.8, 4) is 0 Å². The Labute approximate surface area is 146 Å². The molecule has 0 unspecified atom stereocenters. The molecule has 0 aromatic heterocycles. The number of hydrogen-bond donors (Lipinski definition) is 2. The molecule has 0 heterocycles. The molecule has 8 heteroatoms. The maximum absolute atomic E-state index is 13.1. The van der Waals surface area contributed by atoms with Gasteiger partial charge in [0.25, 0.3) is 5.91 Å². The van der Waals surface area contributed by atoms with E-state index in [9.17, 15) is 17.6 Å². The number of amides is 1. The van der Waals surface area contributed by atoms with Crippen LogP contribution in [0, 0.1) is 12.7 Å². The summed E-state index contributed by atoms with van der Waals surface area (Å²) in [6.45, 7) is 2.03. The standard InChI is InChI=1S/C17H19FN2O4S/c1-12-10-14(18)6-7-16(12)20-17(21)13-4-3-5-15(11-13)25(22,23)19-8-9-24-2/h3-7,10-11,19H,8-9H2,1-2H3,(H,20,21). The molecule has 0 fully saturated rings. The summed E-state index contributed by atoms with van der Waals surface area (Å²) in [7, 11) is -2.27. The molecule has 0 saturated heterocycles. The summed E-state index contributed by atoms with van der Waals surface area (Å²) in [5.41, 5.74) is 1.20. The monoisotopic (exact) mass is 366 g/mol. The quantitative estimate of drug-likeness (QED) is 0.737. The van der Waals surface area contributed by atoms with Crippen LogP contribution in [-0.4, -0.2) is 34.6 Å². The Hall–Kier alpha value is -2.29. The van der Waals surface area contributed by atoms with E-state index < -0.39 is 21.7 Å². The first-order valence-electron chi connectivity index (χ1n) is 7.49. The highest BCUT2D eigenvalue weighted by Crippen LogP contribution is 2.18. The fourth-order valence-electron chi connectivity index (χ4n) is 2.13. The van der Waals surface area contributed by atoms with Crippen LogP contribution in [0.15, 0.2) is 47.4 Å². The zero-order valence-corrected chi connectivity index (χ0v) is 14.7. The summed E-state index contributed by atoms with van der Waals surface area (Å²) in [6.07, 6.45) is 0. The minimum atomic E-state index is -3.73. The summed E-state index contributed by atoms with van der Waals surface area (Å²) in [5.74, 6) is -0.880. The molecule has 0 spiro atoms. The first-order valence-corrected chi connectivity index (χ1v) is 8.98. The van der Waals surface area contributed by atoms with Gasteiger partial charge < -0.3 is 10.1 Å². The molecule has 0 aliphatic carbocycles. The topological polar surface area (TPSA) is 84.5 Å². The number of halogens is 1. The molecule has 0 radical (unpaired) electrons. The SMILES string of the molecule is COCCNS(=O)(=O)c1cccc(C(=O)Nc2ccc(F)cc2C)c1. The average molecular weight is 366 g/mol. The van der Waals surface area contributed by atoms with Gasteiger partial charge in [0, 0.05) is 24.9 Å². The zero-order chi connectivity index (χ0) is 18.4. The normalized spacial score (nSPS) is 11.3. The van der Waals surface area contributed by atoms with E-state index in [1.807, 2.05) is 0 Å². The van der Waals surface area contributed by atoms with Crippen LogP contribution in [0.1, 0.15) is 15.9 Å². The van der Waals surface area contributed by atoms with Crippen LogP contribution in [0.2, 0.25) is 0 Å². The van der Waals surface area contributed by atoms with Crippen molar-refractivity contribution in [1.29, 1.82) is 0 Å². The van der Waals surface area contributed by atoms with Gasteiger partial charge in [-0.05, 0) is 48.9 Å². The minimum absolute atomic E-state index is 0.0212. The number of ether oxygens (including phenoxy) is 1. The van der Waals surface area contributed by atoms with Crippen molar-refractivity contribution >= 4 is 21.6 Å². The van der Waals surface area contributed by atoms with E-state index in [2.05, 4.69) is 10.0 Å². The highest BCUT2D eigenvalue weighted by atomic mass is 32.2. The van der Waals surface area contributed by atoms with E-state index in [-0.39, 0.29) is 23.6 Å². The fraction of sp³-hybridized carbons (Fsp3) is 0.235. The molecule has 0 aliphatic rings. The molecule has 2 aromatic rings. The molecule has 0 atom stereocenters. The molecule has 0 saturated carbocycles. The molecule has 6 nitrogen and oxygen atoms in total. The summed E-state index contributed by atoms with van der Waals surface area (Å²) < 4.78 is 44.7. The molecule has 0 aliphatic heterocycles. The van der Waals surface area contributed by atoms with Crippen molar-refractivity contribution in [1.82, 2.24) is 4.72 Å². The molecule has 25 heavy (non-hydrogen) atoms. The van der Waals surface area contributed by atoms with E-state index >= 15 is 0 Å². The van der Waals surface area contributed by atoms with Gasteiger partial charge in [-0.1, -0.05) is 6.07 Å². The third-order valence-electron chi connectivity index (χ3n) is 3.44. The maximum Gasteiger partial charge on any atom is 0.255 e. The molecular weight excluding hydrogens is 347 g/mol. The number of anilines is 1. The number of aryl methyl sites for hydroxylation is 1. The predicted molar refractivity (Wildman–Crippen MR) is 92.6 cm³/mol. The smallest absolute Gasteiger partial charge is 0.255 e. The second-order valence-electron chi connectivity index (χ2n) is 5.33. The summed E-state index contributed by atoms with van der Waals surface area (Å²) in [4.78, 5) is 12.3. The first kappa shape index (κ1) is 19.0. The lowest BCUT2D eigenvalue weighted by Gasteiger charge is -2.10. The highest BCUT2D eigenvalue weighted by molar-refractivity contribution is 7.89. The van der Waals surface area contributed by atoms with E-state index in [1.54, 1.807) is 6.92 Å². The second kappa shape index (κ2) is 8.19. The number of nitrogens with one attached hydrogen (secondary N) is 2. The Bertz CT molecular complexity index is 869. The number of carbonyl (C=O) groups is 1. The number of methoxy groups -OCH3 is 1. The Morgan fingerprint density at radius 2 is 1.96 bits per heavy atom. The van der Waals surface area contributed by atoms with Crippen molar-refractivity contribution in [2.75, 3.05) is 25.6 Å². The second-order valence-corrected chi connectivity index (χ2v) is 7.10. The van der Waals surface area contributed by atoms with Crippen LogP contribution in [0.5, 0.6) is 0 Å². The lowest BCUT2D eigenvalue weighted by molar-refractivity contribution is 0.102. The highest BCUT2D eigenvalue weighted by Gasteiger charge is 2.16. The van der Waals surface area contributed by atoms with Gasteiger partial charge >= 0.3 is 0 Å². The molecule has 2 N–H and O–H groups in total. The fourth-order valence-corrected chi connectivity index (χ4v) is 3.19. The lowest BCUT2D eigenvalue weighted by atomic mass is 10.1. The van der Waals surface area contributed by atoms with Crippen LogP contribution in [-0.2, 0) is 14.8 Å². The lowest BCUT2D eigenvalue weighted by Crippen LogP contribution is -2.27. The van der Waals surface area contributed by atoms with Gasteiger partial charge in [-0.15, -0.1) is 0 Å². The van der Waals surface area contributed by atoms with Gasteiger partial charge in [0.15, 0.2) is 0 Å². The molecule has 0 bridgehead atoms. The van der Waals surface area contributed by atoms with Crippen molar-refractivity contribution in [2.24, 2.45) is 0 Å². The third-order valence-corrected chi connectivity index (χ3v) is 4.90. The molecular formula is C17H19FN2O4S. The van der Waals surface area contributed by atoms with E-state index in [1.165, 1.54) is 49.6 Å². The van der Waals surface area contributed by atoms with Crippen LogP contribution in [0.3, 0.4) is 0 Å². The third kappa shape index (κ3) is 5.09. The number of carbonyl (C=O) groups excluding carboxylic acids is 1. The molecule has 2 rings (SSSR count). The number of hydrogen-bond acceptors (Lipinski definition) is 4. The van der Waals surface area contributed by atoms with Crippen molar-refractivity contribution < 1.29 is 22.3 Å². The maximum atomic E-state index is 13.1. The van der Waals surface area contributed by atoms with E-state index in [0.29, 0.717) is 11.3 Å². The Kier molecular flexibility index (Phi) is 6.24. The molecule has 1 amide bonds. The van der Waals surface area contributed by atoms with E-state index in [4.69, 9.17) is 4.74 Å². The number of sulfonamides is 1. The molecule has 2 aromatic carbocycles. The van der Waals surface area contributed by atoms with Gasteiger partial charge in [-0.25, -0.2) is 17.5 Å². The largest absolute Gasteiger partial charge is 0.383 e. The van der Waals surface area contributed by atoms with Crippen LogP contribution < -0.4 is 10.0 Å². The van der Waals surface area contributed by atoms with Gasteiger partial charge in [0.1, 0.15) is 5.82 Å². The zero-order valence-electron chi connectivity index (χ0n) is 13.9.